The molecule has 1 rings (SSSR count). The fraction of sp³-hybridized carbons (Fsp3) is 0.441. The Morgan fingerprint density at radius 3 is 1.95 bits per heavy atom. The number of nitrogens with zero attached hydrogens (tertiary/aromatic N) is 1. The lowest BCUT2D eigenvalue weighted by Crippen LogP contribution is -2.51. The largest absolute Gasteiger partial charge is 0.467 e. The van der Waals surface area contributed by atoms with Crippen molar-refractivity contribution in [1.29, 1.82) is 0 Å². The second-order valence-corrected chi connectivity index (χ2v) is 9.74. The molecule has 2 N–H and O–H groups in total. The molecule has 3 atom stereocenters. The third-order valence-electron chi connectivity index (χ3n) is 6.09. The number of carbonyl (C=O) groups excluding carboxylic acids is 4. The molecule has 0 aliphatic rings. The van der Waals surface area contributed by atoms with E-state index in [1.807, 2.05) is 12.2 Å². The third-order valence-corrected chi connectivity index (χ3v) is 6.09. The summed E-state index contributed by atoms with van der Waals surface area (Å²) in [6.45, 7) is 5.08. The Labute approximate surface area is 256 Å². The second kappa shape index (κ2) is 23.3. The lowest BCUT2D eigenvalue weighted by Gasteiger charge is -2.24. The van der Waals surface area contributed by atoms with Gasteiger partial charge in [0.15, 0.2) is 6.04 Å². The van der Waals surface area contributed by atoms with Gasteiger partial charge in [0.05, 0.1) is 12.7 Å². The van der Waals surface area contributed by atoms with E-state index < -0.39 is 36.0 Å². The van der Waals surface area contributed by atoms with Gasteiger partial charge >= 0.3 is 11.9 Å². The molecule has 0 aromatic carbocycles. The van der Waals surface area contributed by atoms with E-state index in [9.17, 15) is 19.2 Å². The third kappa shape index (κ3) is 17.3. The molecule has 0 saturated carbocycles. The molecule has 0 aliphatic heterocycles. The van der Waals surface area contributed by atoms with Crippen LogP contribution in [0.1, 0.15) is 82.5 Å². The molecular weight excluding hydrogens is 546 g/mol. The Kier molecular flexibility index (Phi) is 19.9. The summed E-state index contributed by atoms with van der Waals surface area (Å²) in [6, 6.07) is 0.928. The molecule has 1 heterocycles. The van der Waals surface area contributed by atoms with E-state index in [2.05, 4.69) is 71.1 Å². The Morgan fingerprint density at radius 1 is 0.814 bits per heavy atom. The molecule has 9 nitrogen and oxygen atoms in total. The smallest absolute Gasteiger partial charge is 0.332 e. The number of rotatable bonds is 20. The van der Waals surface area contributed by atoms with Crippen molar-refractivity contribution in [2.45, 2.75) is 90.3 Å². The fourth-order valence-electron chi connectivity index (χ4n) is 3.68. The molecule has 9 heteroatoms. The number of hydrogen-bond acceptors (Lipinski definition) is 7. The highest BCUT2D eigenvalue weighted by Gasteiger charge is 2.32. The maximum absolute atomic E-state index is 12.6. The maximum Gasteiger partial charge on any atom is 0.332 e. The quantitative estimate of drug-likeness (QED) is 0.113. The van der Waals surface area contributed by atoms with Crippen molar-refractivity contribution in [2.24, 2.45) is 0 Å². The highest BCUT2D eigenvalue weighted by molar-refractivity contribution is 5.96. The molecule has 0 spiro atoms. The zero-order chi connectivity index (χ0) is 31.7. The predicted molar refractivity (Wildman–Crippen MR) is 169 cm³/mol. The monoisotopic (exact) mass is 593 g/mol. The van der Waals surface area contributed by atoms with Crippen LogP contribution in [0.4, 0.5) is 0 Å². The topological polar surface area (TPSA) is 124 Å². The van der Waals surface area contributed by atoms with Crippen LogP contribution in [0.25, 0.3) is 0 Å². The summed E-state index contributed by atoms with van der Waals surface area (Å²) in [5.74, 6) is -2.39. The standard InChI is InChI=1S/C34H47N3O6/c1-5-6-7-8-9-10-11-12-13-14-15-16-17-18-19-20-21-24-30(38)36-27(2)33(40)43-28(3)31(34(41)42-4)37-32(39)29-23-22-25-35-26-29/h6-7,9-10,12-13,16-17,19-20,22-23,25-28,31H,5,8,11,14-15,18,21,24H2,1-4H3,(H,36,38)(H,37,39)/t27-,28+,31-/m0/s1. The molecule has 0 aliphatic carbocycles. The minimum Gasteiger partial charge on any atom is -0.467 e. The van der Waals surface area contributed by atoms with E-state index in [4.69, 9.17) is 9.47 Å². The first-order valence-corrected chi connectivity index (χ1v) is 14.8. The van der Waals surface area contributed by atoms with Gasteiger partial charge in [-0.3, -0.25) is 14.6 Å². The molecule has 1 aromatic heterocycles. The molecule has 0 bridgehead atoms. The van der Waals surface area contributed by atoms with E-state index in [0.717, 1.165) is 38.5 Å². The average Bonchev–Trinajstić information content (AvgIpc) is 3.01. The second-order valence-electron chi connectivity index (χ2n) is 9.74. The number of amides is 2. The number of esters is 2. The number of carbonyl (C=O) groups is 4. The summed E-state index contributed by atoms with van der Waals surface area (Å²) in [7, 11) is 1.17. The predicted octanol–water partition coefficient (Wildman–Crippen LogP) is 5.71. The summed E-state index contributed by atoms with van der Waals surface area (Å²) in [5, 5.41) is 5.11. The number of unbranched alkanes of at least 4 members (excludes halogenated alkanes) is 1. The van der Waals surface area contributed by atoms with Crippen molar-refractivity contribution in [3.63, 3.8) is 0 Å². The molecule has 0 fully saturated rings. The summed E-state index contributed by atoms with van der Waals surface area (Å²) >= 11 is 0. The van der Waals surface area contributed by atoms with Crippen molar-refractivity contribution in [3.05, 3.63) is 90.9 Å². The number of nitrogens with one attached hydrogen (secondary N) is 2. The molecular formula is C34H47N3O6. The number of hydrogen-bond donors (Lipinski definition) is 2. The van der Waals surface area contributed by atoms with Gasteiger partial charge < -0.3 is 20.1 Å². The minimum absolute atomic E-state index is 0.216. The summed E-state index contributed by atoms with van der Waals surface area (Å²) < 4.78 is 10.1. The van der Waals surface area contributed by atoms with E-state index in [-0.39, 0.29) is 17.9 Å². The van der Waals surface area contributed by atoms with Crippen molar-refractivity contribution < 1.29 is 28.7 Å². The van der Waals surface area contributed by atoms with Crippen molar-refractivity contribution >= 4 is 23.8 Å². The molecule has 2 amide bonds. The molecule has 0 saturated heterocycles. The molecule has 0 unspecified atom stereocenters. The number of pyridine rings is 1. The first-order chi connectivity index (χ1) is 20.8. The zero-order valence-electron chi connectivity index (χ0n) is 25.9. The number of methoxy groups -OCH3 is 1. The van der Waals surface area contributed by atoms with Crippen LogP contribution in [0, 0.1) is 0 Å². The highest BCUT2D eigenvalue weighted by atomic mass is 16.6. The zero-order valence-corrected chi connectivity index (χ0v) is 25.9. The first-order valence-electron chi connectivity index (χ1n) is 14.8. The summed E-state index contributed by atoms with van der Waals surface area (Å²) in [5.41, 5.74) is 0.235. The van der Waals surface area contributed by atoms with Crippen LogP contribution < -0.4 is 10.6 Å². The lowest BCUT2D eigenvalue weighted by atomic mass is 10.1. The van der Waals surface area contributed by atoms with Crippen LogP contribution >= 0.6 is 0 Å². The van der Waals surface area contributed by atoms with Gasteiger partial charge in [-0.1, -0.05) is 67.7 Å². The van der Waals surface area contributed by atoms with E-state index in [0.29, 0.717) is 6.42 Å². The molecule has 234 valence electrons. The SMILES string of the molecule is CCC=CCC=CCC=CCCC=CCC=CCCC(=O)N[C@@H](C)C(=O)O[C@H](C)[C@H](NC(=O)c1cccnc1)C(=O)OC. The molecule has 0 radical (unpaired) electrons. The number of aromatic nitrogens is 1. The lowest BCUT2D eigenvalue weighted by molar-refractivity contribution is -0.158. The number of allylic oxidation sites excluding steroid dienone is 10. The Morgan fingerprint density at radius 2 is 1.40 bits per heavy atom. The first kappa shape index (κ1) is 36.8. The van der Waals surface area contributed by atoms with Crippen LogP contribution in [-0.2, 0) is 23.9 Å². The average molecular weight is 594 g/mol. The van der Waals surface area contributed by atoms with Crippen LogP contribution in [0.2, 0.25) is 0 Å². The van der Waals surface area contributed by atoms with Gasteiger partial charge in [-0.2, -0.15) is 0 Å². The van der Waals surface area contributed by atoms with Crippen LogP contribution in [0.3, 0.4) is 0 Å². The molecule has 1 aromatic rings. The van der Waals surface area contributed by atoms with Gasteiger partial charge in [0, 0.05) is 18.8 Å². The van der Waals surface area contributed by atoms with Gasteiger partial charge in [0.1, 0.15) is 12.1 Å². The minimum atomic E-state index is -1.24. The van der Waals surface area contributed by atoms with Gasteiger partial charge in [-0.15, -0.1) is 0 Å². The Balaban J connectivity index is 2.31. The summed E-state index contributed by atoms with van der Waals surface area (Å²) in [6.07, 6.45) is 29.7. The summed E-state index contributed by atoms with van der Waals surface area (Å²) in [4.78, 5) is 53.4. The van der Waals surface area contributed by atoms with Crippen LogP contribution in [0.5, 0.6) is 0 Å². The highest BCUT2D eigenvalue weighted by Crippen LogP contribution is 2.07. The van der Waals surface area contributed by atoms with E-state index >= 15 is 0 Å². The number of ether oxygens (including phenoxy) is 2. The van der Waals surface area contributed by atoms with Crippen molar-refractivity contribution in [1.82, 2.24) is 15.6 Å². The van der Waals surface area contributed by atoms with Gasteiger partial charge in [-0.05, 0) is 70.9 Å². The van der Waals surface area contributed by atoms with E-state index in [1.165, 1.54) is 39.4 Å². The van der Waals surface area contributed by atoms with Gasteiger partial charge in [0.2, 0.25) is 5.91 Å². The van der Waals surface area contributed by atoms with Crippen LogP contribution in [-0.4, -0.2) is 54.0 Å². The van der Waals surface area contributed by atoms with Crippen molar-refractivity contribution in [2.75, 3.05) is 7.11 Å². The Bertz CT molecular complexity index is 1120. The van der Waals surface area contributed by atoms with E-state index in [1.54, 1.807) is 6.07 Å². The van der Waals surface area contributed by atoms with Crippen LogP contribution in [0.15, 0.2) is 85.3 Å². The molecule has 43 heavy (non-hydrogen) atoms. The Hall–Kier alpha value is -4.27. The van der Waals surface area contributed by atoms with Gasteiger partial charge in [0.25, 0.3) is 5.91 Å². The van der Waals surface area contributed by atoms with Gasteiger partial charge in [-0.25, -0.2) is 9.59 Å². The fourth-order valence-corrected chi connectivity index (χ4v) is 3.68. The maximum atomic E-state index is 12.6. The normalized spacial score (nSPS) is 14.0. The van der Waals surface area contributed by atoms with Crippen molar-refractivity contribution in [3.8, 4) is 0 Å².